The van der Waals surface area contributed by atoms with Gasteiger partial charge in [0, 0.05) is 18.3 Å². The molecule has 0 spiro atoms. The van der Waals surface area contributed by atoms with Gasteiger partial charge in [0.15, 0.2) is 11.5 Å². The fourth-order valence-electron chi connectivity index (χ4n) is 2.60. The molecule has 0 bridgehead atoms. The number of piperidine rings is 1. The van der Waals surface area contributed by atoms with Gasteiger partial charge in [-0.1, -0.05) is 12.1 Å². The van der Waals surface area contributed by atoms with E-state index < -0.39 is 0 Å². The van der Waals surface area contributed by atoms with Crippen LogP contribution in [0.1, 0.15) is 24.5 Å². The predicted octanol–water partition coefficient (Wildman–Crippen LogP) is 2.74. The third kappa shape index (κ3) is 3.13. The average molecular weight is 285 g/mol. The van der Waals surface area contributed by atoms with Crippen LogP contribution in [-0.2, 0) is 0 Å². The number of hydrogen-bond donors (Lipinski definition) is 1. The van der Waals surface area contributed by atoms with Crippen molar-refractivity contribution in [1.82, 2.24) is 15.3 Å². The van der Waals surface area contributed by atoms with Crippen LogP contribution in [-0.4, -0.2) is 30.2 Å². The van der Waals surface area contributed by atoms with Crippen LogP contribution in [0.25, 0.3) is 0 Å². The molecule has 2 aromatic rings. The van der Waals surface area contributed by atoms with Gasteiger partial charge >= 0.3 is 0 Å². The molecule has 0 amide bonds. The molecule has 5 nitrogen and oxygen atoms in total. The zero-order valence-electron chi connectivity index (χ0n) is 12.1. The molecule has 0 aliphatic carbocycles. The molecule has 1 aliphatic heterocycles. The molecule has 1 N–H and O–H groups in total. The lowest BCUT2D eigenvalue weighted by atomic mass is 9.94. The number of aromatic nitrogens is 2. The molecule has 5 heteroatoms. The Morgan fingerprint density at radius 2 is 1.76 bits per heavy atom. The third-order valence-electron chi connectivity index (χ3n) is 3.69. The fraction of sp³-hybridized carbons (Fsp3) is 0.375. The third-order valence-corrected chi connectivity index (χ3v) is 3.69. The lowest BCUT2D eigenvalue weighted by Crippen LogP contribution is -2.27. The van der Waals surface area contributed by atoms with Crippen molar-refractivity contribution in [2.75, 3.05) is 20.2 Å². The second-order valence-corrected chi connectivity index (χ2v) is 5.02. The molecule has 1 aromatic carbocycles. The van der Waals surface area contributed by atoms with Crippen LogP contribution in [0.5, 0.6) is 17.4 Å². The van der Waals surface area contributed by atoms with Crippen LogP contribution in [0.15, 0.2) is 36.7 Å². The van der Waals surface area contributed by atoms with E-state index in [-0.39, 0.29) is 0 Å². The van der Waals surface area contributed by atoms with Crippen LogP contribution >= 0.6 is 0 Å². The lowest BCUT2D eigenvalue weighted by molar-refractivity contribution is 0.365. The Balaban J connectivity index is 1.88. The van der Waals surface area contributed by atoms with Gasteiger partial charge in [-0.05, 0) is 38.1 Å². The molecule has 1 aliphatic rings. The summed E-state index contributed by atoms with van der Waals surface area (Å²) in [5.74, 6) is 2.33. The van der Waals surface area contributed by atoms with E-state index in [1.807, 2.05) is 24.3 Å². The molecular weight excluding hydrogens is 266 g/mol. The molecule has 1 saturated heterocycles. The van der Waals surface area contributed by atoms with E-state index in [0.29, 0.717) is 23.3 Å². The highest BCUT2D eigenvalue weighted by atomic mass is 16.5. The van der Waals surface area contributed by atoms with E-state index in [1.54, 1.807) is 19.5 Å². The van der Waals surface area contributed by atoms with Crippen LogP contribution in [0.3, 0.4) is 0 Å². The van der Waals surface area contributed by atoms with Crippen molar-refractivity contribution in [1.29, 1.82) is 0 Å². The van der Waals surface area contributed by atoms with E-state index in [2.05, 4.69) is 15.3 Å². The van der Waals surface area contributed by atoms with Crippen molar-refractivity contribution in [2.24, 2.45) is 0 Å². The van der Waals surface area contributed by atoms with Gasteiger partial charge in [-0.15, -0.1) is 0 Å². The normalized spacial score (nSPS) is 15.7. The summed E-state index contributed by atoms with van der Waals surface area (Å²) in [6.07, 6.45) is 5.50. The highest BCUT2D eigenvalue weighted by Gasteiger charge is 2.22. The van der Waals surface area contributed by atoms with Gasteiger partial charge < -0.3 is 14.8 Å². The summed E-state index contributed by atoms with van der Waals surface area (Å²) < 4.78 is 11.3. The molecule has 0 atom stereocenters. The quantitative estimate of drug-likeness (QED) is 0.936. The lowest BCUT2D eigenvalue weighted by Gasteiger charge is -2.23. The van der Waals surface area contributed by atoms with E-state index in [9.17, 15) is 0 Å². The first kappa shape index (κ1) is 13.8. The molecule has 21 heavy (non-hydrogen) atoms. The Labute approximate surface area is 124 Å². The highest BCUT2D eigenvalue weighted by molar-refractivity contribution is 5.42. The Kier molecular flexibility index (Phi) is 4.31. The number of hydrogen-bond acceptors (Lipinski definition) is 5. The van der Waals surface area contributed by atoms with Gasteiger partial charge in [0.2, 0.25) is 5.88 Å². The van der Waals surface area contributed by atoms with Gasteiger partial charge in [0.1, 0.15) is 5.69 Å². The maximum atomic E-state index is 5.97. The first-order chi connectivity index (χ1) is 10.4. The van der Waals surface area contributed by atoms with E-state index in [0.717, 1.165) is 31.6 Å². The van der Waals surface area contributed by atoms with Crippen molar-refractivity contribution < 1.29 is 9.47 Å². The van der Waals surface area contributed by atoms with Crippen molar-refractivity contribution in [2.45, 2.75) is 18.8 Å². The van der Waals surface area contributed by atoms with Crippen molar-refractivity contribution in [3.05, 3.63) is 42.4 Å². The summed E-state index contributed by atoms with van der Waals surface area (Å²) in [4.78, 5) is 8.86. The molecule has 110 valence electrons. The first-order valence-electron chi connectivity index (χ1n) is 7.21. The van der Waals surface area contributed by atoms with E-state index >= 15 is 0 Å². The molecule has 0 saturated carbocycles. The molecule has 0 radical (unpaired) electrons. The zero-order valence-corrected chi connectivity index (χ0v) is 12.1. The minimum atomic E-state index is 0.393. The van der Waals surface area contributed by atoms with Gasteiger partial charge in [-0.2, -0.15) is 0 Å². The van der Waals surface area contributed by atoms with Crippen molar-refractivity contribution in [3.8, 4) is 17.4 Å². The second-order valence-electron chi connectivity index (χ2n) is 5.02. The topological polar surface area (TPSA) is 56.3 Å². The Morgan fingerprint density at radius 3 is 2.52 bits per heavy atom. The molecular formula is C16H19N3O2. The molecule has 0 unspecified atom stereocenters. The number of nitrogens with zero attached hydrogens (tertiary/aromatic N) is 2. The summed E-state index contributed by atoms with van der Waals surface area (Å²) in [6, 6.07) is 7.57. The highest BCUT2D eigenvalue weighted by Crippen LogP contribution is 2.35. The molecule has 2 heterocycles. The van der Waals surface area contributed by atoms with Crippen molar-refractivity contribution in [3.63, 3.8) is 0 Å². The van der Waals surface area contributed by atoms with Crippen LogP contribution in [0.4, 0.5) is 0 Å². The fourth-order valence-corrected chi connectivity index (χ4v) is 2.60. The first-order valence-corrected chi connectivity index (χ1v) is 7.21. The summed E-state index contributed by atoms with van der Waals surface area (Å²) in [5.41, 5.74) is 0.935. The van der Waals surface area contributed by atoms with Gasteiger partial charge in [-0.25, -0.2) is 4.98 Å². The Hall–Kier alpha value is -2.14. The molecule has 1 fully saturated rings. The summed E-state index contributed by atoms with van der Waals surface area (Å²) >= 11 is 0. The molecule has 3 rings (SSSR count). The Bertz CT molecular complexity index is 598. The average Bonchev–Trinajstić information content (AvgIpc) is 2.57. The van der Waals surface area contributed by atoms with Crippen LogP contribution < -0.4 is 14.8 Å². The largest absolute Gasteiger partial charge is 0.493 e. The summed E-state index contributed by atoms with van der Waals surface area (Å²) in [5, 5.41) is 3.36. The summed E-state index contributed by atoms with van der Waals surface area (Å²) in [7, 11) is 1.63. The van der Waals surface area contributed by atoms with Gasteiger partial charge in [0.25, 0.3) is 0 Å². The standard InChI is InChI=1S/C16H19N3O2/c1-20-13-4-2-3-5-14(13)21-16-15(18-10-11-19-16)12-6-8-17-9-7-12/h2-5,10-12,17H,6-9H2,1H3. The van der Waals surface area contributed by atoms with Crippen molar-refractivity contribution >= 4 is 0 Å². The number of rotatable bonds is 4. The number of para-hydroxylation sites is 2. The number of ether oxygens (including phenoxy) is 2. The van der Waals surface area contributed by atoms with E-state index in [4.69, 9.17) is 9.47 Å². The second kappa shape index (κ2) is 6.54. The van der Waals surface area contributed by atoms with E-state index in [1.165, 1.54) is 0 Å². The van der Waals surface area contributed by atoms with Crippen LogP contribution in [0.2, 0.25) is 0 Å². The van der Waals surface area contributed by atoms with Crippen LogP contribution in [0, 0.1) is 0 Å². The Morgan fingerprint density at radius 1 is 1.05 bits per heavy atom. The number of nitrogens with one attached hydrogen (secondary N) is 1. The SMILES string of the molecule is COc1ccccc1Oc1nccnc1C1CCNCC1. The number of benzene rings is 1. The van der Waals surface area contributed by atoms with Gasteiger partial charge in [-0.3, -0.25) is 4.98 Å². The zero-order chi connectivity index (χ0) is 14.5. The minimum absolute atomic E-state index is 0.393. The minimum Gasteiger partial charge on any atom is -0.493 e. The maximum absolute atomic E-state index is 5.97. The van der Waals surface area contributed by atoms with Gasteiger partial charge in [0.05, 0.1) is 7.11 Å². The number of methoxy groups -OCH3 is 1. The maximum Gasteiger partial charge on any atom is 0.241 e. The summed E-state index contributed by atoms with van der Waals surface area (Å²) in [6.45, 7) is 2.02. The smallest absolute Gasteiger partial charge is 0.241 e. The predicted molar refractivity (Wildman–Crippen MR) is 79.9 cm³/mol. The molecule has 1 aromatic heterocycles. The monoisotopic (exact) mass is 285 g/mol.